The van der Waals surface area contributed by atoms with Gasteiger partial charge < -0.3 is 10.4 Å². The largest absolute Gasteiger partial charge is 0.395 e. The Morgan fingerprint density at radius 2 is 2.38 bits per heavy atom. The predicted octanol–water partition coefficient (Wildman–Crippen LogP) is 1.59. The minimum atomic E-state index is -0.242. The molecular weight excluding hydrogens is 244 g/mol. The van der Waals surface area contributed by atoms with E-state index in [0.717, 1.165) is 9.88 Å². The van der Waals surface area contributed by atoms with Gasteiger partial charge in [-0.1, -0.05) is 6.07 Å². The lowest BCUT2D eigenvalue weighted by atomic mass is 10.4. The van der Waals surface area contributed by atoms with E-state index in [4.69, 9.17) is 5.11 Å². The number of carbonyl (C=O) groups is 1. The molecule has 16 heavy (non-hydrogen) atoms. The van der Waals surface area contributed by atoms with Crippen molar-refractivity contribution in [3.05, 3.63) is 28.6 Å². The maximum atomic E-state index is 11.5. The van der Waals surface area contributed by atoms with Gasteiger partial charge in [0.25, 0.3) is 5.91 Å². The van der Waals surface area contributed by atoms with E-state index in [1.807, 2.05) is 17.5 Å². The highest BCUT2D eigenvalue weighted by atomic mass is 32.1. The van der Waals surface area contributed by atoms with Gasteiger partial charge in [-0.3, -0.25) is 4.79 Å². The molecule has 2 heterocycles. The van der Waals surface area contributed by atoms with Crippen molar-refractivity contribution in [1.82, 2.24) is 10.3 Å². The van der Waals surface area contributed by atoms with Gasteiger partial charge in [-0.2, -0.15) is 0 Å². The molecule has 0 radical (unpaired) electrons. The molecule has 2 aromatic heterocycles. The minimum Gasteiger partial charge on any atom is -0.395 e. The molecule has 0 saturated carbocycles. The summed E-state index contributed by atoms with van der Waals surface area (Å²) >= 11 is 3.04. The summed E-state index contributed by atoms with van der Waals surface area (Å²) in [4.78, 5) is 16.8. The maximum absolute atomic E-state index is 11.5. The van der Waals surface area contributed by atoms with E-state index in [9.17, 15) is 4.79 Å². The van der Waals surface area contributed by atoms with Crippen LogP contribution in [0.1, 0.15) is 10.5 Å². The zero-order chi connectivity index (χ0) is 11.4. The molecule has 2 aromatic rings. The van der Waals surface area contributed by atoms with E-state index in [1.165, 1.54) is 11.3 Å². The number of aliphatic hydroxyl groups excluding tert-OH is 1. The Bertz CT molecular complexity index is 465. The van der Waals surface area contributed by atoms with Gasteiger partial charge >= 0.3 is 0 Å². The van der Waals surface area contributed by atoms with Gasteiger partial charge in [0, 0.05) is 11.9 Å². The number of aliphatic hydroxyl groups is 1. The fourth-order valence-corrected chi connectivity index (χ4v) is 2.77. The van der Waals surface area contributed by atoms with Gasteiger partial charge in [0.2, 0.25) is 0 Å². The quantitative estimate of drug-likeness (QED) is 0.871. The Balaban J connectivity index is 2.11. The van der Waals surface area contributed by atoms with Crippen LogP contribution in [0.4, 0.5) is 0 Å². The van der Waals surface area contributed by atoms with Crippen LogP contribution in [0.2, 0.25) is 0 Å². The first-order chi connectivity index (χ1) is 7.81. The maximum Gasteiger partial charge on any atom is 0.270 e. The Hall–Kier alpha value is -1.24. The number of hydrogen-bond acceptors (Lipinski definition) is 5. The van der Waals surface area contributed by atoms with Crippen LogP contribution in [0.15, 0.2) is 22.9 Å². The second-order valence-electron chi connectivity index (χ2n) is 2.99. The van der Waals surface area contributed by atoms with Gasteiger partial charge in [-0.15, -0.1) is 22.7 Å². The van der Waals surface area contributed by atoms with Crippen LogP contribution in [0.25, 0.3) is 9.88 Å². The Morgan fingerprint density at radius 1 is 1.50 bits per heavy atom. The zero-order valence-electron chi connectivity index (χ0n) is 8.34. The van der Waals surface area contributed by atoms with E-state index >= 15 is 0 Å². The summed E-state index contributed by atoms with van der Waals surface area (Å²) in [6.07, 6.45) is 0. The number of rotatable bonds is 4. The zero-order valence-corrected chi connectivity index (χ0v) is 9.98. The molecule has 1 amide bonds. The molecule has 0 aliphatic rings. The second-order valence-corrected chi connectivity index (χ2v) is 4.80. The third-order valence-corrected chi connectivity index (χ3v) is 3.75. The third kappa shape index (κ3) is 2.46. The minimum absolute atomic E-state index is 0.0618. The Kier molecular flexibility index (Phi) is 3.66. The summed E-state index contributed by atoms with van der Waals surface area (Å²) in [5, 5.41) is 15.7. The molecule has 0 bridgehead atoms. The summed E-state index contributed by atoms with van der Waals surface area (Å²) in [5.41, 5.74) is 0.404. The van der Waals surface area contributed by atoms with Crippen molar-refractivity contribution in [3.8, 4) is 9.88 Å². The van der Waals surface area contributed by atoms with E-state index in [2.05, 4.69) is 10.3 Å². The molecule has 2 rings (SSSR count). The number of aromatic nitrogens is 1. The molecule has 0 aliphatic carbocycles. The summed E-state index contributed by atoms with van der Waals surface area (Å²) in [6.45, 7) is 0.193. The van der Waals surface area contributed by atoms with Crippen molar-refractivity contribution in [2.45, 2.75) is 0 Å². The molecular formula is C10H10N2O2S2. The van der Waals surface area contributed by atoms with Crippen molar-refractivity contribution >= 4 is 28.6 Å². The van der Waals surface area contributed by atoms with Crippen LogP contribution < -0.4 is 5.32 Å². The first-order valence-electron chi connectivity index (χ1n) is 4.69. The van der Waals surface area contributed by atoms with E-state index < -0.39 is 0 Å². The highest BCUT2D eigenvalue weighted by molar-refractivity contribution is 7.20. The Labute approximate surface area is 101 Å². The molecule has 0 fully saturated rings. The average Bonchev–Trinajstić information content (AvgIpc) is 2.94. The van der Waals surface area contributed by atoms with Gasteiger partial charge in [0.1, 0.15) is 10.7 Å². The lowest BCUT2D eigenvalue weighted by molar-refractivity contribution is 0.0940. The predicted molar refractivity (Wildman–Crippen MR) is 64.8 cm³/mol. The summed E-state index contributed by atoms with van der Waals surface area (Å²) in [6, 6.07) is 3.92. The van der Waals surface area contributed by atoms with Gasteiger partial charge in [0.05, 0.1) is 11.5 Å². The van der Waals surface area contributed by atoms with Crippen molar-refractivity contribution in [2.24, 2.45) is 0 Å². The highest BCUT2D eigenvalue weighted by Gasteiger charge is 2.11. The monoisotopic (exact) mass is 254 g/mol. The van der Waals surface area contributed by atoms with Crippen LogP contribution in [0.5, 0.6) is 0 Å². The lowest BCUT2D eigenvalue weighted by Gasteiger charge is -1.98. The molecule has 4 nitrogen and oxygen atoms in total. The third-order valence-electron chi connectivity index (χ3n) is 1.87. The molecule has 0 spiro atoms. The van der Waals surface area contributed by atoms with Crippen molar-refractivity contribution in [2.75, 3.05) is 13.2 Å². The highest BCUT2D eigenvalue weighted by Crippen LogP contribution is 2.27. The van der Waals surface area contributed by atoms with Crippen LogP contribution in [-0.4, -0.2) is 29.1 Å². The van der Waals surface area contributed by atoms with Crippen molar-refractivity contribution < 1.29 is 9.90 Å². The van der Waals surface area contributed by atoms with Crippen molar-refractivity contribution in [3.63, 3.8) is 0 Å². The fourth-order valence-electron chi connectivity index (χ4n) is 1.15. The number of carbonyl (C=O) groups excluding carboxylic acids is 1. The number of nitrogens with one attached hydrogen (secondary N) is 1. The van der Waals surface area contributed by atoms with E-state index in [1.54, 1.807) is 16.7 Å². The topological polar surface area (TPSA) is 62.2 Å². The SMILES string of the molecule is O=C(NCCO)c1csc(-c2cccs2)n1. The van der Waals surface area contributed by atoms with Crippen LogP contribution >= 0.6 is 22.7 Å². The standard InChI is InChI=1S/C10H10N2O2S2/c13-4-3-11-9(14)7-6-16-10(12-7)8-2-1-5-15-8/h1-2,5-6,13H,3-4H2,(H,11,14). The molecule has 2 N–H and O–H groups in total. The van der Waals surface area contributed by atoms with Crippen LogP contribution in [-0.2, 0) is 0 Å². The molecule has 0 atom stereocenters. The number of thiazole rings is 1. The number of hydrogen-bond donors (Lipinski definition) is 2. The number of nitrogens with zero attached hydrogens (tertiary/aromatic N) is 1. The average molecular weight is 254 g/mol. The lowest BCUT2D eigenvalue weighted by Crippen LogP contribution is -2.26. The first kappa shape index (κ1) is 11.3. The van der Waals surface area contributed by atoms with E-state index in [0.29, 0.717) is 5.69 Å². The van der Waals surface area contributed by atoms with Crippen LogP contribution in [0.3, 0.4) is 0 Å². The van der Waals surface area contributed by atoms with Crippen molar-refractivity contribution in [1.29, 1.82) is 0 Å². The van der Waals surface area contributed by atoms with Gasteiger partial charge in [-0.25, -0.2) is 4.98 Å². The van der Waals surface area contributed by atoms with Gasteiger partial charge in [-0.05, 0) is 11.4 Å². The molecule has 0 saturated heterocycles. The molecule has 84 valence electrons. The van der Waals surface area contributed by atoms with E-state index in [-0.39, 0.29) is 19.1 Å². The molecule has 0 aromatic carbocycles. The second kappa shape index (κ2) is 5.20. The normalized spacial score (nSPS) is 10.3. The number of thiophene rings is 1. The van der Waals surface area contributed by atoms with Crippen LogP contribution in [0, 0.1) is 0 Å². The van der Waals surface area contributed by atoms with Gasteiger partial charge in [0.15, 0.2) is 0 Å². The summed E-state index contributed by atoms with van der Waals surface area (Å²) in [7, 11) is 0. The smallest absolute Gasteiger partial charge is 0.270 e. The molecule has 0 unspecified atom stereocenters. The fraction of sp³-hybridized carbons (Fsp3) is 0.200. The Morgan fingerprint density at radius 3 is 3.06 bits per heavy atom. The summed E-state index contributed by atoms with van der Waals surface area (Å²) < 4.78 is 0. The summed E-state index contributed by atoms with van der Waals surface area (Å²) in [5.74, 6) is -0.242. The molecule has 0 aliphatic heterocycles. The first-order valence-corrected chi connectivity index (χ1v) is 6.45. The number of amides is 1. The molecule has 6 heteroatoms.